The van der Waals surface area contributed by atoms with Crippen LogP contribution in [0.3, 0.4) is 0 Å². The van der Waals surface area contributed by atoms with Crippen LogP contribution in [0.5, 0.6) is 0 Å². The zero-order chi connectivity index (χ0) is 8.43. The standard InChI is InChI=1S/C8H7ClN2/c1-5-3-7(4-10)6(2)11-8(5)9/h3H,1-2H3. The molecule has 3 heteroatoms. The van der Waals surface area contributed by atoms with Crippen LogP contribution < -0.4 is 0 Å². The SMILES string of the molecule is Cc1cc(C#N)c(C)nc1Cl. The van der Waals surface area contributed by atoms with E-state index in [2.05, 4.69) is 4.98 Å². The molecule has 56 valence electrons. The quantitative estimate of drug-likeness (QED) is 0.555. The Labute approximate surface area is 70.4 Å². The lowest BCUT2D eigenvalue weighted by Gasteiger charge is -1.99. The van der Waals surface area contributed by atoms with E-state index in [-0.39, 0.29) is 0 Å². The van der Waals surface area contributed by atoms with Crippen LogP contribution >= 0.6 is 11.6 Å². The molecule has 0 saturated heterocycles. The molecular weight excluding hydrogens is 160 g/mol. The van der Waals surface area contributed by atoms with Crippen LogP contribution in [-0.4, -0.2) is 4.98 Å². The summed E-state index contributed by atoms with van der Waals surface area (Å²) in [6.45, 7) is 3.60. The van der Waals surface area contributed by atoms with Gasteiger partial charge in [-0.05, 0) is 25.5 Å². The summed E-state index contributed by atoms with van der Waals surface area (Å²) < 4.78 is 0. The number of nitrogens with zero attached hydrogens (tertiary/aromatic N) is 2. The molecule has 0 aliphatic heterocycles. The topological polar surface area (TPSA) is 36.7 Å². The van der Waals surface area contributed by atoms with Crippen LogP contribution in [0.25, 0.3) is 0 Å². The largest absolute Gasteiger partial charge is 0.240 e. The number of aromatic nitrogens is 1. The highest BCUT2D eigenvalue weighted by molar-refractivity contribution is 6.30. The van der Waals surface area contributed by atoms with E-state index in [1.807, 2.05) is 13.0 Å². The lowest BCUT2D eigenvalue weighted by Crippen LogP contribution is -1.90. The maximum absolute atomic E-state index is 8.60. The minimum absolute atomic E-state index is 0.474. The highest BCUT2D eigenvalue weighted by atomic mass is 35.5. The lowest BCUT2D eigenvalue weighted by molar-refractivity contribution is 1.15. The molecule has 1 heterocycles. The third-order valence-electron chi connectivity index (χ3n) is 1.46. The number of rotatable bonds is 0. The van der Waals surface area contributed by atoms with Gasteiger partial charge in [0.25, 0.3) is 0 Å². The molecular formula is C8H7ClN2. The Hall–Kier alpha value is -1.07. The second kappa shape index (κ2) is 2.89. The smallest absolute Gasteiger partial charge is 0.132 e. The Bertz CT molecular complexity index is 326. The van der Waals surface area contributed by atoms with Crippen molar-refractivity contribution in [2.24, 2.45) is 0 Å². The van der Waals surface area contributed by atoms with Gasteiger partial charge in [0.1, 0.15) is 11.2 Å². The van der Waals surface area contributed by atoms with E-state index < -0.39 is 0 Å². The minimum Gasteiger partial charge on any atom is -0.240 e. The van der Waals surface area contributed by atoms with Crippen molar-refractivity contribution in [2.45, 2.75) is 13.8 Å². The van der Waals surface area contributed by atoms with E-state index in [0.717, 1.165) is 5.56 Å². The predicted molar refractivity (Wildman–Crippen MR) is 43.4 cm³/mol. The Morgan fingerprint density at radius 1 is 1.55 bits per heavy atom. The second-order valence-electron chi connectivity index (χ2n) is 2.34. The van der Waals surface area contributed by atoms with Gasteiger partial charge in [-0.15, -0.1) is 0 Å². The van der Waals surface area contributed by atoms with Crippen LogP contribution in [0.4, 0.5) is 0 Å². The highest BCUT2D eigenvalue weighted by Gasteiger charge is 2.02. The molecule has 2 nitrogen and oxygen atoms in total. The molecule has 0 atom stereocenters. The molecule has 0 fully saturated rings. The molecule has 1 aromatic rings. The fraction of sp³-hybridized carbons (Fsp3) is 0.250. The van der Waals surface area contributed by atoms with Gasteiger partial charge in [0.05, 0.1) is 11.3 Å². The summed E-state index contributed by atoms with van der Waals surface area (Å²) in [6.07, 6.45) is 0. The van der Waals surface area contributed by atoms with Crippen LogP contribution in [0, 0.1) is 25.2 Å². The van der Waals surface area contributed by atoms with Gasteiger partial charge in [-0.3, -0.25) is 0 Å². The van der Waals surface area contributed by atoms with E-state index in [1.54, 1.807) is 13.0 Å². The average molecular weight is 167 g/mol. The summed E-state index contributed by atoms with van der Waals surface area (Å²) >= 11 is 5.72. The van der Waals surface area contributed by atoms with Gasteiger partial charge in [0.2, 0.25) is 0 Å². The van der Waals surface area contributed by atoms with Crippen molar-refractivity contribution in [3.63, 3.8) is 0 Å². The normalized spacial score (nSPS) is 9.27. The number of hydrogen-bond donors (Lipinski definition) is 0. The third-order valence-corrected chi connectivity index (χ3v) is 1.84. The van der Waals surface area contributed by atoms with Crippen molar-refractivity contribution in [2.75, 3.05) is 0 Å². The molecule has 0 radical (unpaired) electrons. The first-order chi connectivity index (χ1) is 5.15. The zero-order valence-corrected chi connectivity index (χ0v) is 7.11. The molecule has 0 amide bonds. The van der Waals surface area contributed by atoms with Gasteiger partial charge in [-0.2, -0.15) is 5.26 Å². The van der Waals surface area contributed by atoms with E-state index in [4.69, 9.17) is 16.9 Å². The van der Waals surface area contributed by atoms with Gasteiger partial charge in [0.15, 0.2) is 0 Å². The molecule has 0 aromatic carbocycles. The highest BCUT2D eigenvalue weighted by Crippen LogP contribution is 2.15. The first-order valence-corrected chi connectivity index (χ1v) is 3.57. The molecule has 0 spiro atoms. The molecule has 0 N–H and O–H groups in total. The van der Waals surface area contributed by atoms with Gasteiger partial charge in [-0.25, -0.2) is 4.98 Å². The molecule has 0 saturated carbocycles. The van der Waals surface area contributed by atoms with Crippen molar-refractivity contribution in [1.29, 1.82) is 5.26 Å². The molecule has 0 aliphatic rings. The molecule has 11 heavy (non-hydrogen) atoms. The van der Waals surface area contributed by atoms with E-state index >= 15 is 0 Å². The Morgan fingerprint density at radius 3 is 2.73 bits per heavy atom. The van der Waals surface area contributed by atoms with Crippen LogP contribution in [0.1, 0.15) is 16.8 Å². The van der Waals surface area contributed by atoms with Crippen LogP contribution in [0.15, 0.2) is 6.07 Å². The van der Waals surface area contributed by atoms with Crippen molar-refractivity contribution >= 4 is 11.6 Å². The molecule has 0 bridgehead atoms. The number of hydrogen-bond acceptors (Lipinski definition) is 2. The third kappa shape index (κ3) is 1.50. The summed E-state index contributed by atoms with van der Waals surface area (Å²) in [5, 5.41) is 9.07. The van der Waals surface area contributed by atoms with E-state index in [0.29, 0.717) is 16.4 Å². The van der Waals surface area contributed by atoms with E-state index in [9.17, 15) is 0 Å². The van der Waals surface area contributed by atoms with Crippen LogP contribution in [0.2, 0.25) is 5.15 Å². The number of pyridine rings is 1. The minimum atomic E-state index is 0.474. The number of nitriles is 1. The first-order valence-electron chi connectivity index (χ1n) is 3.19. The van der Waals surface area contributed by atoms with Crippen molar-refractivity contribution in [3.05, 3.63) is 28.0 Å². The average Bonchev–Trinajstić information content (AvgIpc) is 1.97. The summed E-state index contributed by atoms with van der Waals surface area (Å²) in [5.74, 6) is 0. The first kappa shape index (κ1) is 8.03. The number of aryl methyl sites for hydroxylation is 2. The van der Waals surface area contributed by atoms with Gasteiger partial charge in [-0.1, -0.05) is 11.6 Å². The Balaban J connectivity index is 3.35. The van der Waals surface area contributed by atoms with Crippen molar-refractivity contribution < 1.29 is 0 Å². The molecule has 1 rings (SSSR count). The predicted octanol–water partition coefficient (Wildman–Crippen LogP) is 2.22. The summed E-state index contributed by atoms with van der Waals surface area (Å²) in [5.41, 5.74) is 2.11. The molecule has 1 aromatic heterocycles. The van der Waals surface area contributed by atoms with Crippen molar-refractivity contribution in [1.82, 2.24) is 4.98 Å². The molecule has 0 aliphatic carbocycles. The zero-order valence-electron chi connectivity index (χ0n) is 6.35. The van der Waals surface area contributed by atoms with Crippen molar-refractivity contribution in [3.8, 4) is 6.07 Å². The van der Waals surface area contributed by atoms with E-state index in [1.165, 1.54) is 0 Å². The maximum atomic E-state index is 8.60. The summed E-state index contributed by atoms with van der Waals surface area (Å²) in [7, 11) is 0. The summed E-state index contributed by atoms with van der Waals surface area (Å²) in [4.78, 5) is 3.99. The fourth-order valence-electron chi connectivity index (χ4n) is 0.789. The van der Waals surface area contributed by atoms with Gasteiger partial charge < -0.3 is 0 Å². The Morgan fingerprint density at radius 2 is 2.18 bits per heavy atom. The van der Waals surface area contributed by atoms with Gasteiger partial charge >= 0.3 is 0 Å². The number of halogens is 1. The summed E-state index contributed by atoms with van der Waals surface area (Å²) in [6, 6.07) is 3.78. The second-order valence-corrected chi connectivity index (χ2v) is 2.70. The van der Waals surface area contributed by atoms with Crippen LogP contribution in [-0.2, 0) is 0 Å². The molecule has 0 unspecified atom stereocenters. The lowest BCUT2D eigenvalue weighted by atomic mass is 10.2. The van der Waals surface area contributed by atoms with Gasteiger partial charge in [0, 0.05) is 0 Å². The monoisotopic (exact) mass is 166 g/mol. The Kier molecular flexibility index (Phi) is 2.11. The maximum Gasteiger partial charge on any atom is 0.132 e. The fourth-order valence-corrected chi connectivity index (χ4v) is 0.971.